The van der Waals surface area contributed by atoms with Crippen molar-refractivity contribution >= 4 is 15.9 Å². The Bertz CT molecular complexity index is 961. The molecule has 3 rings (SSSR count). The first-order valence-electron chi connectivity index (χ1n) is 8.96. The van der Waals surface area contributed by atoms with E-state index in [0.29, 0.717) is 12.1 Å². The fourth-order valence-electron chi connectivity index (χ4n) is 3.41. The van der Waals surface area contributed by atoms with Crippen LogP contribution in [0.4, 0.5) is 0 Å². The van der Waals surface area contributed by atoms with Gasteiger partial charge >= 0.3 is 0 Å². The Morgan fingerprint density at radius 3 is 2.61 bits per heavy atom. The highest BCUT2D eigenvalue weighted by atomic mass is 32.2. The topological polar surface area (TPSA) is 76.2 Å². The summed E-state index contributed by atoms with van der Waals surface area (Å²) in [6, 6.07) is 13.7. The molecule has 7 nitrogen and oxygen atoms in total. The molecule has 0 bridgehead atoms. The number of hydrogen-bond acceptors (Lipinski definition) is 5. The Kier molecular flexibility index (Phi) is 6.02. The lowest BCUT2D eigenvalue weighted by Gasteiger charge is -2.26. The molecule has 1 unspecified atom stereocenters. The highest BCUT2D eigenvalue weighted by Gasteiger charge is 2.31. The van der Waals surface area contributed by atoms with Crippen molar-refractivity contribution in [2.24, 2.45) is 0 Å². The van der Waals surface area contributed by atoms with E-state index in [1.54, 1.807) is 24.1 Å². The minimum absolute atomic E-state index is 0.0137. The van der Waals surface area contributed by atoms with Gasteiger partial charge in [-0.1, -0.05) is 22.7 Å². The lowest BCUT2D eigenvalue weighted by atomic mass is 10.0. The largest absolute Gasteiger partial charge is 0.497 e. The summed E-state index contributed by atoms with van der Waals surface area (Å²) >= 11 is 0. The van der Waals surface area contributed by atoms with Crippen molar-refractivity contribution < 1.29 is 22.8 Å². The van der Waals surface area contributed by atoms with E-state index in [-0.39, 0.29) is 16.8 Å². The number of amides is 1. The SMILES string of the molecule is COc1cccc(C2CCCN2C(=O)c2cccc(S(=O)(=O)N(C)OC)c2)c1. The molecule has 1 amide bonds. The number of carbonyl (C=O) groups excluding carboxylic acids is 1. The molecule has 1 heterocycles. The molecular formula is C20H24N2O5S. The third kappa shape index (κ3) is 3.89. The number of ether oxygens (including phenoxy) is 1. The smallest absolute Gasteiger partial charge is 0.264 e. The number of benzene rings is 2. The molecule has 1 fully saturated rings. The van der Waals surface area contributed by atoms with Crippen LogP contribution in [-0.4, -0.2) is 51.5 Å². The molecule has 150 valence electrons. The quantitative estimate of drug-likeness (QED) is 0.692. The second-order valence-corrected chi connectivity index (χ2v) is 8.49. The van der Waals surface area contributed by atoms with Crippen molar-refractivity contribution in [2.45, 2.75) is 23.8 Å². The summed E-state index contributed by atoms with van der Waals surface area (Å²) in [5.41, 5.74) is 1.34. The normalized spacial score (nSPS) is 17.1. The molecule has 8 heteroatoms. The summed E-state index contributed by atoms with van der Waals surface area (Å²) in [5, 5.41) is 0. The molecule has 0 radical (unpaired) electrons. The first kappa shape index (κ1) is 20.3. The van der Waals surface area contributed by atoms with E-state index in [1.165, 1.54) is 26.3 Å². The maximum Gasteiger partial charge on any atom is 0.264 e. The van der Waals surface area contributed by atoms with E-state index >= 15 is 0 Å². The van der Waals surface area contributed by atoms with Crippen LogP contribution in [0.25, 0.3) is 0 Å². The molecule has 0 aromatic heterocycles. The van der Waals surface area contributed by atoms with Gasteiger partial charge in [-0.25, -0.2) is 8.42 Å². The van der Waals surface area contributed by atoms with Crippen LogP contribution in [0, 0.1) is 0 Å². The number of hydroxylamine groups is 1. The minimum Gasteiger partial charge on any atom is -0.497 e. The number of carbonyl (C=O) groups is 1. The lowest BCUT2D eigenvalue weighted by Crippen LogP contribution is -2.31. The minimum atomic E-state index is -3.82. The Labute approximate surface area is 165 Å². The van der Waals surface area contributed by atoms with Crippen LogP contribution in [0.3, 0.4) is 0 Å². The van der Waals surface area contributed by atoms with E-state index in [1.807, 2.05) is 24.3 Å². The number of hydrogen-bond donors (Lipinski definition) is 0. The summed E-state index contributed by atoms with van der Waals surface area (Å²) in [6.45, 7) is 0.621. The Morgan fingerprint density at radius 1 is 1.14 bits per heavy atom. The fraction of sp³-hybridized carbons (Fsp3) is 0.350. The monoisotopic (exact) mass is 404 g/mol. The zero-order valence-electron chi connectivity index (χ0n) is 16.2. The summed E-state index contributed by atoms with van der Waals surface area (Å²) in [4.78, 5) is 19.8. The fourth-order valence-corrected chi connectivity index (χ4v) is 4.43. The molecule has 1 saturated heterocycles. The molecule has 0 spiro atoms. The molecule has 0 N–H and O–H groups in total. The van der Waals surface area contributed by atoms with Gasteiger partial charge in [-0.3, -0.25) is 9.63 Å². The highest BCUT2D eigenvalue weighted by molar-refractivity contribution is 7.89. The van der Waals surface area contributed by atoms with E-state index in [0.717, 1.165) is 28.6 Å². The van der Waals surface area contributed by atoms with Gasteiger partial charge in [0.15, 0.2) is 0 Å². The molecule has 28 heavy (non-hydrogen) atoms. The molecule has 2 aromatic carbocycles. The maximum atomic E-state index is 13.2. The lowest BCUT2D eigenvalue weighted by molar-refractivity contribution is -0.0258. The van der Waals surface area contributed by atoms with Crippen LogP contribution in [0.2, 0.25) is 0 Å². The van der Waals surface area contributed by atoms with Crippen LogP contribution in [0.1, 0.15) is 34.8 Å². The average Bonchev–Trinajstić information content (AvgIpc) is 3.22. The van der Waals surface area contributed by atoms with Gasteiger partial charge in [0.25, 0.3) is 15.9 Å². The zero-order valence-corrected chi connectivity index (χ0v) is 17.0. The van der Waals surface area contributed by atoms with Crippen LogP contribution in [-0.2, 0) is 14.9 Å². The van der Waals surface area contributed by atoms with Gasteiger partial charge in [-0.05, 0) is 48.7 Å². The van der Waals surface area contributed by atoms with Crippen molar-refractivity contribution in [1.29, 1.82) is 0 Å². The zero-order chi connectivity index (χ0) is 20.3. The maximum absolute atomic E-state index is 13.2. The third-order valence-corrected chi connectivity index (χ3v) is 6.64. The van der Waals surface area contributed by atoms with Crippen LogP contribution >= 0.6 is 0 Å². The summed E-state index contributed by atoms with van der Waals surface area (Å²) in [6.07, 6.45) is 1.74. The standard InChI is InChI=1S/C20H24N2O5S/c1-21(27-3)28(24,25)18-10-5-8-16(14-18)20(23)22-12-6-11-19(22)15-7-4-9-17(13-15)26-2/h4-5,7-10,13-14,19H,6,11-12H2,1-3H3. The average molecular weight is 404 g/mol. The molecule has 1 atom stereocenters. The van der Waals surface area contributed by atoms with Gasteiger partial charge in [0.2, 0.25) is 0 Å². The van der Waals surface area contributed by atoms with Gasteiger partial charge in [0, 0.05) is 19.2 Å². The number of methoxy groups -OCH3 is 1. The van der Waals surface area contributed by atoms with Gasteiger partial charge in [-0.15, -0.1) is 0 Å². The first-order valence-corrected chi connectivity index (χ1v) is 10.4. The van der Waals surface area contributed by atoms with Crippen molar-refractivity contribution in [3.8, 4) is 5.75 Å². The molecule has 0 saturated carbocycles. The summed E-state index contributed by atoms with van der Waals surface area (Å²) in [5.74, 6) is 0.551. The Balaban J connectivity index is 1.90. The first-order chi connectivity index (χ1) is 13.4. The second kappa shape index (κ2) is 8.30. The number of rotatable bonds is 6. The Morgan fingerprint density at radius 2 is 1.89 bits per heavy atom. The van der Waals surface area contributed by atoms with Crippen molar-refractivity contribution in [2.75, 3.05) is 27.8 Å². The van der Waals surface area contributed by atoms with Gasteiger partial charge < -0.3 is 9.64 Å². The molecular weight excluding hydrogens is 380 g/mol. The second-order valence-electron chi connectivity index (χ2n) is 6.56. The molecule has 0 aliphatic carbocycles. The summed E-state index contributed by atoms with van der Waals surface area (Å²) in [7, 11) is 0.373. The molecule has 1 aliphatic rings. The van der Waals surface area contributed by atoms with Crippen molar-refractivity contribution in [3.63, 3.8) is 0 Å². The van der Waals surface area contributed by atoms with E-state index < -0.39 is 10.0 Å². The van der Waals surface area contributed by atoms with Gasteiger partial charge in [0.1, 0.15) is 5.75 Å². The Hall–Kier alpha value is -2.42. The number of nitrogens with zero attached hydrogens (tertiary/aromatic N) is 2. The van der Waals surface area contributed by atoms with E-state index in [9.17, 15) is 13.2 Å². The molecule has 1 aliphatic heterocycles. The van der Waals surface area contributed by atoms with E-state index in [2.05, 4.69) is 0 Å². The predicted molar refractivity (Wildman–Crippen MR) is 104 cm³/mol. The van der Waals surface area contributed by atoms with Gasteiger partial charge in [-0.2, -0.15) is 0 Å². The molecule has 2 aromatic rings. The van der Waals surface area contributed by atoms with Gasteiger partial charge in [0.05, 0.1) is 25.2 Å². The number of sulfonamides is 1. The van der Waals surface area contributed by atoms with Crippen LogP contribution < -0.4 is 4.74 Å². The van der Waals surface area contributed by atoms with E-state index in [4.69, 9.17) is 9.57 Å². The van der Waals surface area contributed by atoms with Crippen LogP contribution in [0.15, 0.2) is 53.4 Å². The predicted octanol–water partition coefficient (Wildman–Crippen LogP) is 2.85. The van der Waals surface area contributed by atoms with Crippen LogP contribution in [0.5, 0.6) is 5.75 Å². The van der Waals surface area contributed by atoms with Crippen molar-refractivity contribution in [1.82, 2.24) is 9.37 Å². The summed E-state index contributed by atoms with van der Waals surface area (Å²) < 4.78 is 31.0. The van der Waals surface area contributed by atoms with Crippen molar-refractivity contribution in [3.05, 3.63) is 59.7 Å². The third-order valence-electron chi connectivity index (χ3n) is 4.97. The highest BCUT2D eigenvalue weighted by Crippen LogP contribution is 2.34. The number of likely N-dealkylation sites (tertiary alicyclic amines) is 1.